The van der Waals surface area contributed by atoms with E-state index in [-0.39, 0.29) is 23.3 Å². The van der Waals surface area contributed by atoms with Gasteiger partial charge in [0, 0.05) is 65.4 Å². The molecule has 0 aromatic heterocycles. The second-order valence-electron chi connectivity index (χ2n) is 13.9. The highest BCUT2D eigenvalue weighted by Gasteiger charge is 2.22. The van der Waals surface area contributed by atoms with Gasteiger partial charge in [0.1, 0.15) is 20.8 Å². The number of hydrogen-bond donors (Lipinski definition) is 2. The third kappa shape index (κ3) is 12.6. The Morgan fingerprint density at radius 2 is 0.947 bits per heavy atom. The number of thiocarbonyl (C=S) groups is 2. The molecule has 4 aromatic carbocycles. The van der Waals surface area contributed by atoms with Crippen molar-refractivity contribution in [2.24, 2.45) is 0 Å². The fourth-order valence-electron chi connectivity index (χ4n) is 6.71. The number of benzene rings is 4. The molecule has 2 heterocycles. The molecule has 14 heteroatoms. The number of anilines is 2. The molecule has 2 amide bonds. The summed E-state index contributed by atoms with van der Waals surface area (Å²) < 4.78 is 1.40. The van der Waals surface area contributed by atoms with Crippen LogP contribution in [0.2, 0.25) is 0 Å². The van der Waals surface area contributed by atoms with E-state index in [1.54, 1.807) is 24.3 Å². The van der Waals surface area contributed by atoms with Gasteiger partial charge < -0.3 is 20.4 Å². The van der Waals surface area contributed by atoms with Gasteiger partial charge in [-0.3, -0.25) is 19.4 Å². The lowest BCUT2D eigenvalue weighted by molar-refractivity contribution is -0.114. The van der Waals surface area contributed by atoms with Crippen LogP contribution >= 0.6 is 48.0 Å². The van der Waals surface area contributed by atoms with Crippen LogP contribution in [0, 0.1) is 22.7 Å². The standard InChI is InChI=1S/C43H44N8O2S4/c44-26-36-24-34(11-13-38(36)46-40(52)30-56-42(54)50-19-15-48(16-20-50)28-32-7-3-1-4-8-32)23-35-12-14-39(37(25-35)27-45)47-41(53)31-57-43(55)51-21-17-49(18-22-51)29-33-9-5-2-6-10-33/h1-14,24-25H,15-23,28-31H2,(H,46,52)(H,47,53). The maximum atomic E-state index is 12.9. The quantitative estimate of drug-likeness (QED) is 0.151. The third-order valence-electron chi connectivity index (χ3n) is 9.78. The first-order chi connectivity index (χ1) is 27.8. The van der Waals surface area contributed by atoms with Gasteiger partial charge >= 0.3 is 0 Å². The Kier molecular flexibility index (Phi) is 15.5. The molecule has 2 fully saturated rings. The summed E-state index contributed by atoms with van der Waals surface area (Å²) in [5.74, 6) is -0.173. The number of carbonyl (C=O) groups is 2. The zero-order valence-electron chi connectivity index (χ0n) is 31.6. The van der Waals surface area contributed by atoms with Crippen molar-refractivity contribution in [3.05, 3.63) is 130 Å². The second-order valence-corrected chi connectivity index (χ2v) is 17.1. The van der Waals surface area contributed by atoms with Crippen molar-refractivity contribution in [3.8, 4) is 12.1 Å². The number of nitrogens with zero attached hydrogens (tertiary/aromatic N) is 6. The van der Waals surface area contributed by atoms with Gasteiger partial charge in [0.2, 0.25) is 11.8 Å². The smallest absolute Gasteiger partial charge is 0.234 e. The second kappa shape index (κ2) is 21.1. The number of rotatable bonds is 12. The Morgan fingerprint density at radius 1 is 0.561 bits per heavy atom. The summed E-state index contributed by atoms with van der Waals surface area (Å²) >= 11 is 14.0. The minimum absolute atomic E-state index is 0.147. The van der Waals surface area contributed by atoms with E-state index >= 15 is 0 Å². The number of carbonyl (C=O) groups excluding carboxylic acids is 2. The Labute approximate surface area is 354 Å². The van der Waals surface area contributed by atoms with E-state index in [4.69, 9.17) is 24.4 Å². The van der Waals surface area contributed by atoms with Crippen LogP contribution in [0.4, 0.5) is 11.4 Å². The molecule has 0 aliphatic carbocycles. The minimum Gasteiger partial charge on any atom is -0.355 e. The van der Waals surface area contributed by atoms with E-state index in [0.29, 0.717) is 37.6 Å². The van der Waals surface area contributed by atoms with Crippen LogP contribution < -0.4 is 10.6 Å². The molecule has 4 aromatic rings. The summed E-state index contributed by atoms with van der Waals surface area (Å²) in [6, 6.07) is 35.9. The maximum Gasteiger partial charge on any atom is 0.234 e. The van der Waals surface area contributed by atoms with Crippen LogP contribution in [0.3, 0.4) is 0 Å². The van der Waals surface area contributed by atoms with Crippen molar-refractivity contribution < 1.29 is 9.59 Å². The molecule has 57 heavy (non-hydrogen) atoms. The van der Waals surface area contributed by atoms with Crippen LogP contribution in [-0.4, -0.2) is 104 Å². The summed E-state index contributed by atoms with van der Waals surface area (Å²) in [6.45, 7) is 8.71. The zero-order valence-corrected chi connectivity index (χ0v) is 34.8. The predicted octanol–water partition coefficient (Wildman–Crippen LogP) is 6.57. The molecule has 0 saturated carbocycles. The highest BCUT2D eigenvalue weighted by Crippen LogP contribution is 2.24. The van der Waals surface area contributed by atoms with Gasteiger partial charge in [0.05, 0.1) is 34.0 Å². The van der Waals surface area contributed by atoms with E-state index in [0.717, 1.165) is 76.6 Å². The summed E-state index contributed by atoms with van der Waals surface area (Å²) in [6.07, 6.45) is 0.456. The van der Waals surface area contributed by atoms with E-state index in [1.807, 2.05) is 24.3 Å². The third-order valence-corrected chi connectivity index (χ3v) is 12.8. The van der Waals surface area contributed by atoms with Gasteiger partial charge in [0.15, 0.2) is 0 Å². The van der Waals surface area contributed by atoms with Gasteiger partial charge in [0.25, 0.3) is 0 Å². The van der Waals surface area contributed by atoms with Crippen LogP contribution in [0.25, 0.3) is 0 Å². The highest BCUT2D eigenvalue weighted by molar-refractivity contribution is 8.23. The molecule has 2 aliphatic heterocycles. The Morgan fingerprint density at radius 3 is 1.32 bits per heavy atom. The van der Waals surface area contributed by atoms with Crippen LogP contribution in [0.5, 0.6) is 0 Å². The van der Waals surface area contributed by atoms with E-state index < -0.39 is 0 Å². The fraction of sp³-hybridized carbons (Fsp3) is 0.302. The average Bonchev–Trinajstić information content (AvgIpc) is 3.24. The van der Waals surface area contributed by atoms with Crippen LogP contribution in [0.1, 0.15) is 33.4 Å². The monoisotopic (exact) mass is 832 g/mol. The lowest BCUT2D eigenvalue weighted by atomic mass is 10.00. The molecule has 292 valence electrons. The molecule has 2 saturated heterocycles. The first kappa shape index (κ1) is 41.8. The van der Waals surface area contributed by atoms with Gasteiger partial charge in [-0.05, 0) is 52.9 Å². The van der Waals surface area contributed by atoms with Crippen molar-refractivity contribution in [2.45, 2.75) is 19.5 Å². The Hall–Kier alpha value is -4.80. The van der Waals surface area contributed by atoms with Crippen molar-refractivity contribution in [3.63, 3.8) is 0 Å². The van der Waals surface area contributed by atoms with Gasteiger partial charge in [-0.25, -0.2) is 0 Å². The number of nitriles is 2. The minimum atomic E-state index is -0.233. The number of amides is 2. The van der Waals surface area contributed by atoms with Crippen molar-refractivity contribution >= 4 is 79.8 Å². The summed E-state index contributed by atoms with van der Waals surface area (Å²) in [5.41, 5.74) is 5.84. The topological polar surface area (TPSA) is 119 Å². The molecule has 0 unspecified atom stereocenters. The predicted molar refractivity (Wildman–Crippen MR) is 239 cm³/mol. The molecule has 2 aliphatic rings. The SMILES string of the molecule is N#Cc1cc(Cc2ccc(NC(=O)CSC(=S)N3CCN(Cc4ccccc4)CC3)c(C#N)c2)ccc1NC(=O)CSC(=S)N1CCN(Cc2ccccc2)CC1. The molecule has 10 nitrogen and oxygen atoms in total. The van der Waals surface area contributed by atoms with E-state index in [2.05, 4.69) is 90.9 Å². The Balaban J connectivity index is 0.924. The number of nitrogens with one attached hydrogen (secondary N) is 2. The molecule has 0 radical (unpaired) electrons. The number of piperazine rings is 2. The lowest BCUT2D eigenvalue weighted by Gasteiger charge is -2.35. The zero-order chi connectivity index (χ0) is 40.0. The molecule has 6 rings (SSSR count). The summed E-state index contributed by atoms with van der Waals surface area (Å²) in [5, 5.41) is 25.5. The molecular formula is C43H44N8O2S4. The molecule has 0 spiro atoms. The van der Waals surface area contributed by atoms with Crippen molar-refractivity contribution in [1.82, 2.24) is 19.6 Å². The fourth-order valence-corrected chi connectivity index (χ4v) is 8.81. The van der Waals surface area contributed by atoms with Crippen molar-refractivity contribution in [2.75, 3.05) is 74.5 Å². The molecule has 2 N–H and O–H groups in total. The first-order valence-electron chi connectivity index (χ1n) is 18.8. The number of thioether (sulfide) groups is 2. The van der Waals surface area contributed by atoms with E-state index in [9.17, 15) is 20.1 Å². The van der Waals surface area contributed by atoms with Gasteiger partial charge in [-0.15, -0.1) is 0 Å². The average molecular weight is 833 g/mol. The lowest BCUT2D eigenvalue weighted by Crippen LogP contribution is -2.47. The van der Waals surface area contributed by atoms with Gasteiger partial charge in [-0.1, -0.05) is 121 Å². The van der Waals surface area contributed by atoms with Gasteiger partial charge in [-0.2, -0.15) is 10.5 Å². The molecule has 0 atom stereocenters. The summed E-state index contributed by atoms with van der Waals surface area (Å²) in [7, 11) is 0. The maximum absolute atomic E-state index is 12.9. The highest BCUT2D eigenvalue weighted by atomic mass is 32.2. The number of hydrogen-bond acceptors (Lipinski definition) is 10. The van der Waals surface area contributed by atoms with Crippen LogP contribution in [-0.2, 0) is 29.1 Å². The molecular weight excluding hydrogens is 789 g/mol. The first-order valence-corrected chi connectivity index (χ1v) is 21.6. The van der Waals surface area contributed by atoms with Crippen LogP contribution in [0.15, 0.2) is 97.1 Å². The summed E-state index contributed by atoms with van der Waals surface area (Å²) in [4.78, 5) is 34.9. The Bertz CT molecular complexity index is 1970. The largest absolute Gasteiger partial charge is 0.355 e. The van der Waals surface area contributed by atoms with E-state index in [1.165, 1.54) is 34.7 Å². The van der Waals surface area contributed by atoms with Crippen molar-refractivity contribution in [1.29, 1.82) is 10.5 Å². The molecule has 0 bridgehead atoms. The normalized spacial score (nSPS) is 14.6.